The summed E-state index contributed by atoms with van der Waals surface area (Å²) in [6.45, 7) is 7.82. The molecule has 0 radical (unpaired) electrons. The van der Waals surface area contributed by atoms with Crippen LogP contribution < -0.4 is 0 Å². The third-order valence-corrected chi connectivity index (χ3v) is 4.22. The zero-order valence-corrected chi connectivity index (χ0v) is 12.5. The van der Waals surface area contributed by atoms with Gasteiger partial charge in [0.05, 0.1) is 11.8 Å². The molecule has 19 heavy (non-hydrogen) atoms. The van der Waals surface area contributed by atoms with Crippen molar-refractivity contribution in [3.63, 3.8) is 0 Å². The summed E-state index contributed by atoms with van der Waals surface area (Å²) < 4.78 is 10.7. The van der Waals surface area contributed by atoms with E-state index in [0.29, 0.717) is 12.1 Å². The third-order valence-electron chi connectivity index (χ3n) is 3.92. The van der Waals surface area contributed by atoms with E-state index in [1.54, 1.807) is 0 Å². The molecule has 0 atom stereocenters. The predicted octanol–water partition coefficient (Wildman–Crippen LogP) is 2.96. The standard InChI is InChI=1S/C13H20N4OS/c1-4-16-12-11(8(3)15-16)14-13(19)17(12)9-6-10(7-9)18-5-2/h9-10H,4-7H2,1-3H3,(H,14,19). The van der Waals surface area contributed by atoms with Crippen molar-refractivity contribution in [3.8, 4) is 0 Å². The number of nitrogens with one attached hydrogen (secondary N) is 1. The molecule has 1 N–H and O–H groups in total. The van der Waals surface area contributed by atoms with Gasteiger partial charge in [0.25, 0.3) is 0 Å². The van der Waals surface area contributed by atoms with E-state index < -0.39 is 0 Å². The van der Waals surface area contributed by atoms with Crippen molar-refractivity contribution in [2.24, 2.45) is 0 Å². The maximum Gasteiger partial charge on any atom is 0.179 e. The SMILES string of the molecule is CCOC1CC(n2c(=S)[nH]c3c(C)nn(CC)c32)C1. The number of imidazole rings is 1. The number of hydrogen-bond acceptors (Lipinski definition) is 3. The first-order valence-electron chi connectivity index (χ1n) is 6.94. The fourth-order valence-corrected chi connectivity index (χ4v) is 3.24. The van der Waals surface area contributed by atoms with E-state index in [1.807, 2.05) is 18.5 Å². The normalized spacial score (nSPS) is 22.9. The number of ether oxygens (including phenoxy) is 1. The van der Waals surface area contributed by atoms with Gasteiger partial charge in [0.1, 0.15) is 5.52 Å². The molecule has 1 aliphatic rings. The predicted molar refractivity (Wildman–Crippen MR) is 77.0 cm³/mol. The molecule has 0 bridgehead atoms. The van der Waals surface area contributed by atoms with Gasteiger partial charge in [0.15, 0.2) is 10.4 Å². The van der Waals surface area contributed by atoms with Crippen LogP contribution in [0.2, 0.25) is 0 Å². The topological polar surface area (TPSA) is 47.8 Å². The Morgan fingerprint density at radius 2 is 2.16 bits per heavy atom. The summed E-state index contributed by atoms with van der Waals surface area (Å²) in [5.41, 5.74) is 3.22. The highest BCUT2D eigenvalue weighted by Gasteiger charge is 2.33. The number of aromatic amines is 1. The van der Waals surface area contributed by atoms with Crippen molar-refractivity contribution in [1.82, 2.24) is 19.3 Å². The Balaban J connectivity index is 2.00. The number of aromatic nitrogens is 4. The lowest BCUT2D eigenvalue weighted by Crippen LogP contribution is -2.33. The van der Waals surface area contributed by atoms with E-state index in [-0.39, 0.29) is 0 Å². The second kappa shape index (κ2) is 4.76. The molecule has 0 spiro atoms. The molecule has 0 aliphatic heterocycles. The molecule has 0 saturated heterocycles. The molecule has 6 heteroatoms. The van der Waals surface area contributed by atoms with E-state index in [0.717, 1.165) is 47.6 Å². The van der Waals surface area contributed by atoms with Gasteiger partial charge in [-0.2, -0.15) is 5.10 Å². The van der Waals surface area contributed by atoms with Crippen molar-refractivity contribution >= 4 is 23.4 Å². The zero-order valence-electron chi connectivity index (χ0n) is 11.6. The molecule has 104 valence electrons. The third kappa shape index (κ3) is 1.94. The largest absolute Gasteiger partial charge is 0.378 e. The van der Waals surface area contributed by atoms with E-state index >= 15 is 0 Å². The van der Waals surface area contributed by atoms with E-state index in [4.69, 9.17) is 17.0 Å². The summed E-state index contributed by atoms with van der Waals surface area (Å²) in [7, 11) is 0. The molecule has 2 aromatic rings. The average molecular weight is 280 g/mol. The van der Waals surface area contributed by atoms with Crippen LogP contribution in [0.15, 0.2) is 0 Å². The van der Waals surface area contributed by atoms with Gasteiger partial charge in [-0.05, 0) is 45.8 Å². The minimum atomic E-state index is 0.390. The van der Waals surface area contributed by atoms with Crippen LogP contribution in [0, 0.1) is 11.7 Å². The van der Waals surface area contributed by atoms with Crippen LogP contribution >= 0.6 is 12.2 Å². The van der Waals surface area contributed by atoms with Crippen molar-refractivity contribution < 1.29 is 4.74 Å². The molecule has 0 aromatic carbocycles. The van der Waals surface area contributed by atoms with Crippen LogP contribution in [-0.4, -0.2) is 32.0 Å². The maximum absolute atomic E-state index is 5.64. The van der Waals surface area contributed by atoms with Gasteiger partial charge < -0.3 is 9.72 Å². The van der Waals surface area contributed by atoms with Gasteiger partial charge >= 0.3 is 0 Å². The Morgan fingerprint density at radius 1 is 1.42 bits per heavy atom. The average Bonchev–Trinajstić information content (AvgIpc) is 2.82. The minimum Gasteiger partial charge on any atom is -0.378 e. The Morgan fingerprint density at radius 3 is 2.79 bits per heavy atom. The van der Waals surface area contributed by atoms with Crippen LogP contribution in [0.1, 0.15) is 38.4 Å². The van der Waals surface area contributed by atoms with Gasteiger partial charge in [-0.25, -0.2) is 4.68 Å². The molecule has 0 unspecified atom stereocenters. The highest BCUT2D eigenvalue weighted by atomic mass is 32.1. The molecular weight excluding hydrogens is 260 g/mol. The van der Waals surface area contributed by atoms with Crippen molar-refractivity contribution in [1.29, 1.82) is 0 Å². The summed E-state index contributed by atoms with van der Waals surface area (Å²) in [4.78, 5) is 3.30. The molecule has 0 amide bonds. The summed E-state index contributed by atoms with van der Waals surface area (Å²) >= 11 is 5.48. The quantitative estimate of drug-likeness (QED) is 0.876. The monoisotopic (exact) mass is 280 g/mol. The molecule has 5 nitrogen and oxygen atoms in total. The number of H-pyrrole nitrogens is 1. The molecular formula is C13H20N4OS. The number of hydrogen-bond donors (Lipinski definition) is 1. The lowest BCUT2D eigenvalue weighted by atomic mass is 9.89. The molecule has 3 rings (SSSR count). The zero-order chi connectivity index (χ0) is 13.6. The molecule has 1 saturated carbocycles. The second-order valence-electron chi connectivity index (χ2n) is 5.10. The van der Waals surface area contributed by atoms with Crippen LogP contribution in [0.25, 0.3) is 11.2 Å². The summed E-state index contributed by atoms with van der Waals surface area (Å²) in [6.07, 6.45) is 2.48. The molecule has 1 fully saturated rings. The van der Waals surface area contributed by atoms with Crippen LogP contribution in [0.5, 0.6) is 0 Å². The van der Waals surface area contributed by atoms with E-state index in [1.165, 1.54) is 0 Å². The van der Waals surface area contributed by atoms with Gasteiger partial charge in [-0.1, -0.05) is 0 Å². The number of aryl methyl sites for hydroxylation is 2. The van der Waals surface area contributed by atoms with Gasteiger partial charge in [0.2, 0.25) is 0 Å². The van der Waals surface area contributed by atoms with Crippen LogP contribution in [-0.2, 0) is 11.3 Å². The van der Waals surface area contributed by atoms with Crippen molar-refractivity contribution in [2.75, 3.05) is 6.61 Å². The molecule has 1 aliphatic carbocycles. The fraction of sp³-hybridized carbons (Fsp3) is 0.692. The Bertz CT molecular complexity index is 647. The van der Waals surface area contributed by atoms with Crippen molar-refractivity contribution in [2.45, 2.75) is 52.3 Å². The lowest BCUT2D eigenvalue weighted by molar-refractivity contribution is -0.0192. The van der Waals surface area contributed by atoms with Crippen LogP contribution in [0.3, 0.4) is 0 Å². The van der Waals surface area contributed by atoms with Crippen molar-refractivity contribution in [3.05, 3.63) is 10.5 Å². The first-order valence-corrected chi connectivity index (χ1v) is 7.35. The van der Waals surface area contributed by atoms with E-state index in [9.17, 15) is 0 Å². The summed E-state index contributed by atoms with van der Waals surface area (Å²) in [5.74, 6) is 0. The molecule has 2 heterocycles. The summed E-state index contributed by atoms with van der Waals surface area (Å²) in [5, 5.41) is 4.55. The Hall–Kier alpha value is -1.14. The number of fused-ring (bicyclic) bond motifs is 1. The smallest absolute Gasteiger partial charge is 0.179 e. The second-order valence-corrected chi connectivity index (χ2v) is 5.49. The van der Waals surface area contributed by atoms with Gasteiger partial charge in [-0.15, -0.1) is 0 Å². The first kappa shape index (κ1) is 12.9. The highest BCUT2D eigenvalue weighted by molar-refractivity contribution is 7.71. The lowest BCUT2D eigenvalue weighted by Gasteiger charge is -2.35. The highest BCUT2D eigenvalue weighted by Crippen LogP contribution is 2.37. The first-order chi connectivity index (χ1) is 9.15. The maximum atomic E-state index is 5.64. The molecule has 2 aromatic heterocycles. The summed E-state index contributed by atoms with van der Waals surface area (Å²) in [6, 6.07) is 0.444. The van der Waals surface area contributed by atoms with Gasteiger partial charge in [0, 0.05) is 19.2 Å². The van der Waals surface area contributed by atoms with Gasteiger partial charge in [-0.3, -0.25) is 4.57 Å². The minimum absolute atomic E-state index is 0.390. The van der Waals surface area contributed by atoms with Crippen LogP contribution in [0.4, 0.5) is 0 Å². The number of nitrogens with zero attached hydrogens (tertiary/aromatic N) is 3. The number of rotatable bonds is 4. The fourth-order valence-electron chi connectivity index (χ4n) is 2.90. The Kier molecular flexibility index (Phi) is 3.22. The Labute approximate surface area is 117 Å². The van der Waals surface area contributed by atoms with E-state index in [2.05, 4.69) is 21.6 Å².